The summed E-state index contributed by atoms with van der Waals surface area (Å²) in [6, 6.07) is 2.08. The Morgan fingerprint density at radius 1 is 1.60 bits per heavy atom. The first-order valence-corrected chi connectivity index (χ1v) is 5.78. The van der Waals surface area contributed by atoms with Crippen molar-refractivity contribution in [1.82, 2.24) is 4.90 Å². The summed E-state index contributed by atoms with van der Waals surface area (Å²) in [4.78, 5) is 13.7. The molecule has 1 fully saturated rings. The van der Waals surface area contributed by atoms with E-state index in [2.05, 4.69) is 19.9 Å². The van der Waals surface area contributed by atoms with Crippen LogP contribution in [0.3, 0.4) is 0 Å². The highest BCUT2D eigenvalue weighted by Crippen LogP contribution is 2.25. The van der Waals surface area contributed by atoms with Crippen molar-refractivity contribution in [1.29, 1.82) is 5.26 Å². The molecule has 1 rings (SSSR count). The van der Waals surface area contributed by atoms with Crippen molar-refractivity contribution in [2.75, 3.05) is 13.1 Å². The molecule has 0 spiro atoms. The predicted octanol–water partition coefficient (Wildman–Crippen LogP) is 2.04. The molecule has 2 unspecified atom stereocenters. The second-order valence-electron chi connectivity index (χ2n) is 4.67. The molecule has 1 saturated heterocycles. The largest absolute Gasteiger partial charge is 0.341 e. The van der Waals surface area contributed by atoms with Crippen molar-refractivity contribution in [3.63, 3.8) is 0 Å². The Labute approximate surface area is 92.1 Å². The van der Waals surface area contributed by atoms with Gasteiger partial charge in [-0.1, -0.05) is 20.8 Å². The fraction of sp³-hybridized carbons (Fsp3) is 0.833. The van der Waals surface area contributed by atoms with Crippen LogP contribution in [-0.4, -0.2) is 23.9 Å². The predicted molar refractivity (Wildman–Crippen MR) is 58.9 cm³/mol. The maximum absolute atomic E-state index is 11.9. The summed E-state index contributed by atoms with van der Waals surface area (Å²) in [6.07, 6.45) is 1.71. The molecule has 1 amide bonds. The summed E-state index contributed by atoms with van der Waals surface area (Å²) in [5, 5.41) is 8.83. The van der Waals surface area contributed by atoms with Crippen molar-refractivity contribution in [2.24, 2.45) is 17.8 Å². The van der Waals surface area contributed by atoms with Crippen molar-refractivity contribution in [3.05, 3.63) is 0 Å². The standard InChI is InChI=1S/C12H20N2O/c1-4-10(7-13)12(15)14-6-5-11(8-14)9(2)3/h9-11H,4-6,8H2,1-3H3. The minimum atomic E-state index is -0.434. The van der Waals surface area contributed by atoms with Crippen LogP contribution < -0.4 is 0 Å². The van der Waals surface area contributed by atoms with Gasteiger partial charge in [0.25, 0.3) is 0 Å². The summed E-state index contributed by atoms with van der Waals surface area (Å²) in [7, 11) is 0. The first kappa shape index (κ1) is 12.0. The van der Waals surface area contributed by atoms with Crippen LogP contribution in [0.15, 0.2) is 0 Å². The van der Waals surface area contributed by atoms with E-state index in [1.165, 1.54) is 0 Å². The molecule has 1 aliphatic heterocycles. The lowest BCUT2D eigenvalue weighted by molar-refractivity contribution is -0.132. The van der Waals surface area contributed by atoms with Crippen LogP contribution in [0.2, 0.25) is 0 Å². The number of likely N-dealkylation sites (tertiary alicyclic amines) is 1. The third kappa shape index (κ3) is 2.71. The Kier molecular flexibility index (Phi) is 4.14. The van der Waals surface area contributed by atoms with Gasteiger partial charge in [0.05, 0.1) is 6.07 Å². The molecule has 1 aliphatic rings. The van der Waals surface area contributed by atoms with Crippen LogP contribution in [0.25, 0.3) is 0 Å². The van der Waals surface area contributed by atoms with Crippen LogP contribution in [-0.2, 0) is 4.79 Å². The SMILES string of the molecule is CCC(C#N)C(=O)N1CCC(C(C)C)C1. The quantitative estimate of drug-likeness (QED) is 0.712. The van der Waals surface area contributed by atoms with E-state index >= 15 is 0 Å². The van der Waals surface area contributed by atoms with Crippen LogP contribution in [0.5, 0.6) is 0 Å². The average molecular weight is 208 g/mol. The zero-order valence-electron chi connectivity index (χ0n) is 9.86. The summed E-state index contributed by atoms with van der Waals surface area (Å²) in [5.74, 6) is 0.842. The number of rotatable bonds is 3. The highest BCUT2D eigenvalue weighted by Gasteiger charge is 2.31. The van der Waals surface area contributed by atoms with E-state index < -0.39 is 5.92 Å². The lowest BCUT2D eigenvalue weighted by atomic mass is 9.95. The number of nitriles is 1. The molecule has 0 aromatic heterocycles. The zero-order valence-corrected chi connectivity index (χ0v) is 9.86. The van der Waals surface area contributed by atoms with Gasteiger partial charge in [-0.3, -0.25) is 4.79 Å². The van der Waals surface area contributed by atoms with E-state index in [0.717, 1.165) is 19.5 Å². The Balaban J connectivity index is 2.54. The number of hydrogen-bond acceptors (Lipinski definition) is 2. The number of hydrogen-bond donors (Lipinski definition) is 0. The average Bonchev–Trinajstić information content (AvgIpc) is 2.68. The third-order valence-electron chi connectivity index (χ3n) is 3.34. The van der Waals surface area contributed by atoms with E-state index in [0.29, 0.717) is 18.3 Å². The van der Waals surface area contributed by atoms with E-state index in [1.54, 1.807) is 0 Å². The molecule has 0 aromatic carbocycles. The fourth-order valence-electron chi connectivity index (χ4n) is 2.07. The molecule has 1 heterocycles. The van der Waals surface area contributed by atoms with Crippen LogP contribution >= 0.6 is 0 Å². The monoisotopic (exact) mass is 208 g/mol. The van der Waals surface area contributed by atoms with Crippen molar-refractivity contribution < 1.29 is 4.79 Å². The normalized spacial score (nSPS) is 22.9. The van der Waals surface area contributed by atoms with Gasteiger partial charge >= 0.3 is 0 Å². The highest BCUT2D eigenvalue weighted by atomic mass is 16.2. The minimum Gasteiger partial charge on any atom is -0.341 e. The van der Waals surface area contributed by atoms with Gasteiger partial charge in [-0.05, 0) is 24.7 Å². The number of amides is 1. The van der Waals surface area contributed by atoms with Gasteiger partial charge < -0.3 is 4.90 Å². The van der Waals surface area contributed by atoms with E-state index in [9.17, 15) is 4.79 Å². The minimum absolute atomic E-state index is 0.0307. The second-order valence-corrected chi connectivity index (χ2v) is 4.67. The Morgan fingerprint density at radius 3 is 2.67 bits per heavy atom. The molecule has 0 aliphatic carbocycles. The molecule has 0 bridgehead atoms. The molecule has 2 atom stereocenters. The van der Waals surface area contributed by atoms with Gasteiger partial charge in [0, 0.05) is 13.1 Å². The zero-order chi connectivity index (χ0) is 11.4. The molecule has 3 heteroatoms. The molecule has 0 N–H and O–H groups in total. The van der Waals surface area contributed by atoms with Crippen molar-refractivity contribution in [2.45, 2.75) is 33.6 Å². The number of carbonyl (C=O) groups is 1. The fourth-order valence-corrected chi connectivity index (χ4v) is 2.07. The Hall–Kier alpha value is -1.04. The van der Waals surface area contributed by atoms with E-state index in [4.69, 9.17) is 5.26 Å². The van der Waals surface area contributed by atoms with Gasteiger partial charge in [-0.2, -0.15) is 5.26 Å². The Bertz CT molecular complexity index is 267. The molecule has 0 aromatic rings. The topological polar surface area (TPSA) is 44.1 Å². The highest BCUT2D eigenvalue weighted by molar-refractivity contribution is 5.81. The van der Waals surface area contributed by atoms with Crippen molar-refractivity contribution >= 4 is 5.91 Å². The lowest BCUT2D eigenvalue weighted by Gasteiger charge is -2.19. The summed E-state index contributed by atoms with van der Waals surface area (Å²) in [5.41, 5.74) is 0. The number of nitrogens with zero attached hydrogens (tertiary/aromatic N) is 2. The van der Waals surface area contributed by atoms with Crippen LogP contribution in [0.1, 0.15) is 33.6 Å². The lowest BCUT2D eigenvalue weighted by Crippen LogP contribution is -2.34. The van der Waals surface area contributed by atoms with Gasteiger partial charge in [-0.25, -0.2) is 0 Å². The Morgan fingerprint density at radius 2 is 2.27 bits per heavy atom. The molecular formula is C12H20N2O. The molecular weight excluding hydrogens is 188 g/mol. The van der Waals surface area contributed by atoms with Gasteiger partial charge in [0.2, 0.25) is 5.91 Å². The van der Waals surface area contributed by atoms with Gasteiger partial charge in [0.1, 0.15) is 5.92 Å². The summed E-state index contributed by atoms with van der Waals surface area (Å²) in [6.45, 7) is 7.96. The van der Waals surface area contributed by atoms with Crippen molar-refractivity contribution in [3.8, 4) is 6.07 Å². The smallest absolute Gasteiger partial charge is 0.239 e. The van der Waals surface area contributed by atoms with E-state index in [-0.39, 0.29) is 5.91 Å². The van der Waals surface area contributed by atoms with Gasteiger partial charge in [-0.15, -0.1) is 0 Å². The maximum atomic E-state index is 11.9. The summed E-state index contributed by atoms with van der Waals surface area (Å²) < 4.78 is 0. The van der Waals surface area contributed by atoms with Crippen LogP contribution in [0, 0.1) is 29.1 Å². The molecule has 15 heavy (non-hydrogen) atoms. The van der Waals surface area contributed by atoms with Crippen LogP contribution in [0.4, 0.5) is 0 Å². The maximum Gasteiger partial charge on any atom is 0.239 e. The molecule has 0 radical (unpaired) electrons. The third-order valence-corrected chi connectivity index (χ3v) is 3.34. The summed E-state index contributed by atoms with van der Waals surface area (Å²) >= 11 is 0. The number of carbonyl (C=O) groups excluding carboxylic acids is 1. The molecule has 3 nitrogen and oxygen atoms in total. The first-order chi connectivity index (χ1) is 7.10. The van der Waals surface area contributed by atoms with Gasteiger partial charge in [0.15, 0.2) is 0 Å². The van der Waals surface area contributed by atoms with E-state index in [1.807, 2.05) is 11.8 Å². The molecule has 84 valence electrons. The first-order valence-electron chi connectivity index (χ1n) is 5.78. The second kappa shape index (κ2) is 5.16. The molecule has 0 saturated carbocycles.